The maximum absolute atomic E-state index is 12.5. The molecule has 0 unspecified atom stereocenters. The molecule has 1 amide bonds. The third-order valence-corrected chi connectivity index (χ3v) is 6.09. The highest BCUT2D eigenvalue weighted by molar-refractivity contribution is 5.90. The quantitative estimate of drug-likeness (QED) is 0.592. The number of benzene rings is 1. The van der Waals surface area contributed by atoms with E-state index in [4.69, 9.17) is 9.84 Å². The molecule has 0 saturated carbocycles. The lowest BCUT2D eigenvalue weighted by molar-refractivity contribution is -0.116. The Morgan fingerprint density at radius 1 is 1.09 bits per heavy atom. The predicted molar refractivity (Wildman–Crippen MR) is 129 cm³/mol. The fourth-order valence-corrected chi connectivity index (χ4v) is 4.09. The first-order valence-corrected chi connectivity index (χ1v) is 11.5. The molecule has 0 atom stereocenters. The summed E-state index contributed by atoms with van der Waals surface area (Å²) in [7, 11) is 0. The van der Waals surface area contributed by atoms with Crippen LogP contribution in [0.5, 0.6) is 0 Å². The summed E-state index contributed by atoms with van der Waals surface area (Å²) in [5.74, 6) is 2.07. The number of aryl methyl sites for hydroxylation is 1. The maximum Gasteiger partial charge on any atom is 0.224 e. The van der Waals surface area contributed by atoms with Crippen LogP contribution in [0, 0.1) is 13.8 Å². The Kier molecular flexibility index (Phi) is 7.03. The van der Waals surface area contributed by atoms with Gasteiger partial charge in [0.15, 0.2) is 5.82 Å². The van der Waals surface area contributed by atoms with Gasteiger partial charge in [0.05, 0.1) is 18.9 Å². The van der Waals surface area contributed by atoms with Gasteiger partial charge < -0.3 is 15.0 Å². The van der Waals surface area contributed by atoms with E-state index in [9.17, 15) is 4.79 Å². The van der Waals surface area contributed by atoms with Crippen molar-refractivity contribution < 1.29 is 9.53 Å². The Morgan fingerprint density at radius 3 is 2.48 bits per heavy atom. The molecule has 1 aliphatic heterocycles. The van der Waals surface area contributed by atoms with Gasteiger partial charge in [0.25, 0.3) is 0 Å². The third-order valence-electron chi connectivity index (χ3n) is 6.09. The smallest absolute Gasteiger partial charge is 0.224 e. The van der Waals surface area contributed by atoms with Crippen LogP contribution in [0.1, 0.15) is 48.7 Å². The van der Waals surface area contributed by atoms with Crippen LogP contribution in [0.25, 0.3) is 5.82 Å². The fraction of sp³-hybridized carbons (Fsp3) is 0.440. The van der Waals surface area contributed by atoms with Gasteiger partial charge >= 0.3 is 0 Å². The van der Waals surface area contributed by atoms with Crippen molar-refractivity contribution in [2.45, 2.75) is 46.5 Å². The van der Waals surface area contributed by atoms with E-state index < -0.39 is 0 Å². The summed E-state index contributed by atoms with van der Waals surface area (Å²) < 4.78 is 7.28. The van der Waals surface area contributed by atoms with Crippen LogP contribution in [0.15, 0.2) is 36.7 Å². The molecule has 1 saturated heterocycles. The Labute approximate surface area is 195 Å². The van der Waals surface area contributed by atoms with Crippen LogP contribution >= 0.6 is 0 Å². The number of anilines is 2. The second kappa shape index (κ2) is 10.1. The highest BCUT2D eigenvalue weighted by atomic mass is 16.5. The summed E-state index contributed by atoms with van der Waals surface area (Å²) >= 11 is 0. The number of aromatic nitrogens is 4. The first-order valence-electron chi connectivity index (χ1n) is 11.5. The van der Waals surface area contributed by atoms with Crippen LogP contribution in [-0.2, 0) is 16.0 Å². The first kappa shape index (κ1) is 22.9. The van der Waals surface area contributed by atoms with E-state index in [0.717, 1.165) is 47.4 Å². The van der Waals surface area contributed by atoms with Gasteiger partial charge in [0.2, 0.25) is 5.91 Å². The molecule has 1 aliphatic rings. The van der Waals surface area contributed by atoms with Gasteiger partial charge in [-0.05, 0) is 49.4 Å². The lowest BCUT2D eigenvalue weighted by Gasteiger charge is -2.27. The summed E-state index contributed by atoms with van der Waals surface area (Å²) in [5, 5.41) is 7.70. The molecular weight excluding hydrogens is 416 g/mol. The Morgan fingerprint density at radius 2 is 1.79 bits per heavy atom. The number of nitrogens with one attached hydrogen (secondary N) is 1. The number of nitrogens with zero attached hydrogens (tertiary/aromatic N) is 5. The minimum Gasteiger partial charge on any atom is -0.378 e. The number of rotatable bonds is 7. The largest absolute Gasteiger partial charge is 0.378 e. The lowest BCUT2D eigenvalue weighted by Crippen LogP contribution is -2.36. The van der Waals surface area contributed by atoms with Crippen molar-refractivity contribution in [3.05, 3.63) is 59.2 Å². The van der Waals surface area contributed by atoms with Gasteiger partial charge in [-0.15, -0.1) is 0 Å². The molecule has 174 valence electrons. The van der Waals surface area contributed by atoms with E-state index in [-0.39, 0.29) is 5.91 Å². The van der Waals surface area contributed by atoms with Crippen LogP contribution in [0.2, 0.25) is 0 Å². The van der Waals surface area contributed by atoms with E-state index in [2.05, 4.69) is 46.2 Å². The number of amides is 1. The molecule has 2 aromatic heterocycles. The van der Waals surface area contributed by atoms with Gasteiger partial charge in [0, 0.05) is 37.0 Å². The van der Waals surface area contributed by atoms with Crippen molar-refractivity contribution in [3.8, 4) is 5.82 Å². The van der Waals surface area contributed by atoms with Gasteiger partial charge in [-0.25, -0.2) is 14.6 Å². The number of hydrogen-bond donors (Lipinski definition) is 1. The van der Waals surface area contributed by atoms with Gasteiger partial charge in [-0.2, -0.15) is 5.10 Å². The number of hydrogen-bond acceptors (Lipinski definition) is 6. The molecule has 8 nitrogen and oxygen atoms in total. The summed E-state index contributed by atoms with van der Waals surface area (Å²) in [6, 6.07) is 10.0. The number of carbonyl (C=O) groups excluding carboxylic acids is 1. The highest BCUT2D eigenvalue weighted by Gasteiger charge is 2.18. The van der Waals surface area contributed by atoms with E-state index in [0.29, 0.717) is 32.0 Å². The molecule has 0 aliphatic carbocycles. The summed E-state index contributed by atoms with van der Waals surface area (Å²) in [4.78, 5) is 23.6. The number of carbonyl (C=O) groups is 1. The normalized spacial score (nSPS) is 14.0. The first-order chi connectivity index (χ1) is 15.9. The third kappa shape index (κ3) is 5.39. The molecule has 0 spiro atoms. The van der Waals surface area contributed by atoms with E-state index in [1.807, 2.05) is 36.7 Å². The molecule has 1 aromatic carbocycles. The summed E-state index contributed by atoms with van der Waals surface area (Å²) in [6.45, 7) is 11.3. The van der Waals surface area contributed by atoms with Crippen molar-refractivity contribution >= 4 is 17.4 Å². The minimum absolute atomic E-state index is 0.00418. The second-order valence-electron chi connectivity index (χ2n) is 8.72. The molecule has 8 heteroatoms. The zero-order valence-electron chi connectivity index (χ0n) is 19.8. The van der Waals surface area contributed by atoms with Crippen LogP contribution < -0.4 is 10.2 Å². The Bertz CT molecular complexity index is 1100. The second-order valence-corrected chi connectivity index (χ2v) is 8.72. The maximum atomic E-state index is 12.5. The van der Waals surface area contributed by atoms with Crippen molar-refractivity contribution in [3.63, 3.8) is 0 Å². The van der Waals surface area contributed by atoms with Crippen molar-refractivity contribution in [2.24, 2.45) is 0 Å². The van der Waals surface area contributed by atoms with Crippen molar-refractivity contribution in [1.82, 2.24) is 19.7 Å². The van der Waals surface area contributed by atoms with Gasteiger partial charge in [-0.1, -0.05) is 26.0 Å². The average Bonchev–Trinajstić information content (AvgIpc) is 3.12. The minimum atomic E-state index is -0.00418. The monoisotopic (exact) mass is 448 g/mol. The standard InChI is InChI=1S/C25H32N6O2/c1-17(2)20-5-7-21(8-6-20)28-25(32)10-9-22-18(3)29-31(19(22)4)24-15-23(26-16-27-24)30-11-13-33-14-12-30/h5-8,15-17H,9-14H2,1-4H3,(H,28,32). The lowest BCUT2D eigenvalue weighted by atomic mass is 10.0. The molecule has 3 heterocycles. The SMILES string of the molecule is Cc1nn(-c2cc(N3CCOCC3)ncn2)c(C)c1CCC(=O)Nc1ccc(C(C)C)cc1. The number of morpholine rings is 1. The Hall–Kier alpha value is -3.26. The topological polar surface area (TPSA) is 85.2 Å². The molecule has 1 fully saturated rings. The van der Waals surface area contributed by atoms with E-state index in [1.165, 1.54) is 5.56 Å². The van der Waals surface area contributed by atoms with E-state index >= 15 is 0 Å². The molecule has 33 heavy (non-hydrogen) atoms. The molecule has 1 N–H and O–H groups in total. The van der Waals surface area contributed by atoms with Crippen molar-refractivity contribution in [2.75, 3.05) is 36.5 Å². The van der Waals surface area contributed by atoms with Gasteiger partial charge in [-0.3, -0.25) is 4.79 Å². The van der Waals surface area contributed by atoms with Gasteiger partial charge in [0.1, 0.15) is 12.1 Å². The predicted octanol–water partition coefficient (Wildman–Crippen LogP) is 3.81. The molecule has 4 rings (SSSR count). The average molecular weight is 449 g/mol. The van der Waals surface area contributed by atoms with Crippen LogP contribution in [-0.4, -0.2) is 52.0 Å². The number of ether oxygens (including phenoxy) is 1. The zero-order valence-corrected chi connectivity index (χ0v) is 19.8. The fourth-order valence-electron chi connectivity index (χ4n) is 4.09. The molecular formula is C25H32N6O2. The molecule has 3 aromatic rings. The molecule has 0 radical (unpaired) electrons. The summed E-state index contributed by atoms with van der Waals surface area (Å²) in [6.07, 6.45) is 2.59. The zero-order chi connectivity index (χ0) is 23.4. The van der Waals surface area contributed by atoms with Crippen LogP contribution in [0.3, 0.4) is 0 Å². The Balaban J connectivity index is 1.43. The van der Waals surface area contributed by atoms with E-state index in [1.54, 1.807) is 6.33 Å². The van der Waals surface area contributed by atoms with Crippen molar-refractivity contribution in [1.29, 1.82) is 0 Å². The highest BCUT2D eigenvalue weighted by Crippen LogP contribution is 2.22. The van der Waals surface area contributed by atoms with Crippen LogP contribution in [0.4, 0.5) is 11.5 Å². The molecule has 0 bridgehead atoms. The summed E-state index contributed by atoms with van der Waals surface area (Å²) in [5.41, 5.74) is 5.06.